The van der Waals surface area contributed by atoms with Crippen LogP contribution in [-0.2, 0) is 0 Å². The lowest BCUT2D eigenvalue weighted by Crippen LogP contribution is -2.27. The van der Waals surface area contributed by atoms with Crippen LogP contribution in [0.1, 0.15) is 26.3 Å². The van der Waals surface area contributed by atoms with Crippen molar-refractivity contribution in [3.8, 4) is 0 Å². The minimum absolute atomic E-state index is 0.168. The largest absolute Gasteiger partial charge is 0.370 e. The molecule has 4 heteroatoms. The summed E-state index contributed by atoms with van der Waals surface area (Å²) < 4.78 is 1.06. The zero-order valence-electron chi connectivity index (χ0n) is 10.1. The number of anilines is 1. The van der Waals surface area contributed by atoms with Gasteiger partial charge < -0.3 is 11.1 Å². The summed E-state index contributed by atoms with van der Waals surface area (Å²) in [6.45, 7) is 8.06. The molecule has 0 unspecified atom stereocenters. The third kappa shape index (κ3) is 4.23. The van der Waals surface area contributed by atoms with Gasteiger partial charge in [-0.1, -0.05) is 22.0 Å². The molecule has 16 heavy (non-hydrogen) atoms. The Morgan fingerprint density at radius 2 is 2.00 bits per heavy atom. The molecule has 1 aromatic rings. The second-order valence-corrected chi connectivity index (χ2v) is 5.61. The molecule has 0 heterocycles. The van der Waals surface area contributed by atoms with Gasteiger partial charge in [-0.2, -0.15) is 0 Å². The summed E-state index contributed by atoms with van der Waals surface area (Å²) in [5, 5.41) is 3.06. The van der Waals surface area contributed by atoms with Crippen LogP contribution >= 0.6 is 15.9 Å². The second kappa shape index (κ2) is 4.87. The van der Waals surface area contributed by atoms with E-state index in [0.717, 1.165) is 10.2 Å². The molecule has 3 N–H and O–H groups in total. The Bertz CT molecular complexity index is 405. The van der Waals surface area contributed by atoms with E-state index in [4.69, 9.17) is 5.73 Å². The lowest BCUT2D eigenvalue weighted by Gasteiger charge is -2.14. The maximum absolute atomic E-state index is 5.80. The lowest BCUT2D eigenvalue weighted by molar-refractivity contribution is 0.583. The number of rotatable bonds is 1. The van der Waals surface area contributed by atoms with E-state index in [1.54, 1.807) is 0 Å². The zero-order valence-corrected chi connectivity index (χ0v) is 11.7. The smallest absolute Gasteiger partial charge is 0.193 e. The highest BCUT2D eigenvalue weighted by molar-refractivity contribution is 9.10. The number of nitrogens with zero attached hydrogens (tertiary/aromatic N) is 1. The van der Waals surface area contributed by atoms with E-state index in [1.807, 2.05) is 45.9 Å². The van der Waals surface area contributed by atoms with Gasteiger partial charge in [-0.3, -0.25) is 0 Å². The fraction of sp³-hybridized carbons (Fsp3) is 0.417. The van der Waals surface area contributed by atoms with Gasteiger partial charge in [0.2, 0.25) is 0 Å². The normalized spacial score (nSPS) is 12.7. The van der Waals surface area contributed by atoms with Gasteiger partial charge in [0.05, 0.1) is 5.54 Å². The molecule has 1 aromatic carbocycles. The zero-order chi connectivity index (χ0) is 12.3. The van der Waals surface area contributed by atoms with E-state index in [2.05, 4.69) is 26.2 Å². The molecule has 3 nitrogen and oxygen atoms in total. The Balaban J connectivity index is 2.81. The third-order valence-corrected chi connectivity index (χ3v) is 2.75. The molecular weight excluding hydrogens is 266 g/mol. The van der Waals surface area contributed by atoms with Gasteiger partial charge in [-0.25, -0.2) is 4.99 Å². The van der Waals surface area contributed by atoms with Crippen molar-refractivity contribution in [1.29, 1.82) is 0 Å². The molecule has 88 valence electrons. The van der Waals surface area contributed by atoms with Crippen LogP contribution in [0.5, 0.6) is 0 Å². The van der Waals surface area contributed by atoms with Gasteiger partial charge in [0.1, 0.15) is 0 Å². The van der Waals surface area contributed by atoms with Gasteiger partial charge in [0.25, 0.3) is 0 Å². The molecule has 0 aliphatic heterocycles. The summed E-state index contributed by atoms with van der Waals surface area (Å²) in [6.07, 6.45) is 0. The number of hydrogen-bond donors (Lipinski definition) is 2. The van der Waals surface area contributed by atoms with Crippen molar-refractivity contribution in [3.05, 3.63) is 28.2 Å². The van der Waals surface area contributed by atoms with Crippen LogP contribution < -0.4 is 11.1 Å². The fourth-order valence-corrected chi connectivity index (χ4v) is 1.59. The summed E-state index contributed by atoms with van der Waals surface area (Å²) in [4.78, 5) is 4.32. The number of guanidine groups is 1. The Morgan fingerprint density at radius 3 is 2.50 bits per heavy atom. The summed E-state index contributed by atoms with van der Waals surface area (Å²) in [5.74, 6) is 0.434. The van der Waals surface area contributed by atoms with Crippen LogP contribution in [-0.4, -0.2) is 11.5 Å². The molecule has 0 saturated carbocycles. The van der Waals surface area contributed by atoms with Gasteiger partial charge in [-0.15, -0.1) is 0 Å². The van der Waals surface area contributed by atoms with E-state index in [0.29, 0.717) is 5.96 Å². The van der Waals surface area contributed by atoms with Crippen molar-refractivity contribution >= 4 is 27.6 Å². The number of nitrogens with two attached hydrogens (primary N) is 1. The first-order valence-corrected chi connectivity index (χ1v) is 5.96. The topological polar surface area (TPSA) is 50.4 Å². The van der Waals surface area contributed by atoms with Crippen molar-refractivity contribution in [3.63, 3.8) is 0 Å². The molecule has 1 rings (SSSR count). The van der Waals surface area contributed by atoms with Crippen LogP contribution in [0.25, 0.3) is 0 Å². The van der Waals surface area contributed by atoms with Crippen LogP contribution in [0.4, 0.5) is 5.69 Å². The van der Waals surface area contributed by atoms with Gasteiger partial charge in [-0.05, 0) is 45.4 Å². The van der Waals surface area contributed by atoms with Gasteiger partial charge in [0.15, 0.2) is 5.96 Å². The molecular formula is C12H18BrN3. The number of aryl methyl sites for hydroxylation is 1. The second-order valence-electron chi connectivity index (χ2n) is 4.76. The lowest BCUT2D eigenvalue weighted by atomic mass is 10.1. The molecule has 0 aromatic heterocycles. The molecule has 0 bridgehead atoms. The molecule has 0 saturated heterocycles. The highest BCUT2D eigenvalue weighted by Gasteiger charge is 2.08. The van der Waals surface area contributed by atoms with Crippen LogP contribution in [0.3, 0.4) is 0 Å². The first-order chi connectivity index (χ1) is 7.28. The first-order valence-electron chi connectivity index (χ1n) is 5.16. The van der Waals surface area contributed by atoms with Gasteiger partial charge in [0, 0.05) is 10.2 Å². The van der Waals surface area contributed by atoms with Crippen molar-refractivity contribution < 1.29 is 0 Å². The summed E-state index contributed by atoms with van der Waals surface area (Å²) in [6, 6.07) is 5.99. The average molecular weight is 284 g/mol. The SMILES string of the molecule is Cc1ccc(NC(N)=NC(C)(C)C)cc1Br. The first kappa shape index (κ1) is 13.0. The predicted octanol–water partition coefficient (Wildman–Crippen LogP) is 3.28. The van der Waals surface area contributed by atoms with E-state index >= 15 is 0 Å². The monoisotopic (exact) mass is 283 g/mol. The number of halogens is 1. The van der Waals surface area contributed by atoms with Crippen LogP contribution in [0, 0.1) is 6.92 Å². The highest BCUT2D eigenvalue weighted by atomic mass is 79.9. The molecule has 0 atom stereocenters. The Kier molecular flexibility index (Phi) is 3.97. The Hall–Kier alpha value is -1.03. The maximum Gasteiger partial charge on any atom is 0.193 e. The van der Waals surface area contributed by atoms with Crippen molar-refractivity contribution in [2.75, 3.05) is 5.32 Å². The summed E-state index contributed by atoms with van der Waals surface area (Å²) in [7, 11) is 0. The number of nitrogens with one attached hydrogen (secondary N) is 1. The Labute approximate surface area is 105 Å². The van der Waals surface area contributed by atoms with Crippen LogP contribution in [0.15, 0.2) is 27.7 Å². The average Bonchev–Trinajstić information content (AvgIpc) is 2.08. The minimum atomic E-state index is -0.168. The fourth-order valence-electron chi connectivity index (χ4n) is 1.21. The van der Waals surface area contributed by atoms with E-state index in [1.165, 1.54) is 5.56 Å². The Morgan fingerprint density at radius 1 is 1.38 bits per heavy atom. The number of hydrogen-bond acceptors (Lipinski definition) is 1. The summed E-state index contributed by atoms with van der Waals surface area (Å²) >= 11 is 3.48. The van der Waals surface area contributed by atoms with E-state index in [-0.39, 0.29) is 5.54 Å². The maximum atomic E-state index is 5.80. The summed E-state index contributed by atoms with van der Waals surface area (Å²) in [5.41, 5.74) is 7.76. The van der Waals surface area contributed by atoms with E-state index in [9.17, 15) is 0 Å². The van der Waals surface area contributed by atoms with Crippen molar-refractivity contribution in [2.45, 2.75) is 33.2 Å². The van der Waals surface area contributed by atoms with Crippen molar-refractivity contribution in [2.24, 2.45) is 10.7 Å². The third-order valence-electron chi connectivity index (χ3n) is 1.90. The standard InChI is InChI=1S/C12H18BrN3/c1-8-5-6-9(7-10(8)13)15-11(14)16-12(2,3)4/h5-7H,1-4H3,(H3,14,15,16). The number of aliphatic imine (C=N–C) groups is 1. The highest BCUT2D eigenvalue weighted by Crippen LogP contribution is 2.20. The molecule has 0 fully saturated rings. The number of benzene rings is 1. The van der Waals surface area contributed by atoms with Crippen LogP contribution in [0.2, 0.25) is 0 Å². The minimum Gasteiger partial charge on any atom is -0.370 e. The molecule has 0 amide bonds. The van der Waals surface area contributed by atoms with Gasteiger partial charge >= 0.3 is 0 Å². The molecule has 0 radical (unpaired) electrons. The quantitative estimate of drug-likeness (QED) is 0.614. The molecule has 0 aliphatic carbocycles. The van der Waals surface area contributed by atoms with Crippen molar-refractivity contribution in [1.82, 2.24) is 0 Å². The molecule has 0 aliphatic rings. The molecule has 0 spiro atoms. The predicted molar refractivity (Wildman–Crippen MR) is 73.9 cm³/mol. The van der Waals surface area contributed by atoms with E-state index < -0.39 is 0 Å².